The molecular formula is C8H10BrClO. The average molecular weight is 238 g/mol. The Kier molecular flexibility index (Phi) is 2.26. The summed E-state index contributed by atoms with van der Waals surface area (Å²) in [6.07, 6.45) is 4.49. The molecule has 0 spiro atoms. The van der Waals surface area contributed by atoms with Gasteiger partial charge in [-0.05, 0) is 18.4 Å². The van der Waals surface area contributed by atoms with Crippen molar-refractivity contribution in [3.05, 3.63) is 11.6 Å². The van der Waals surface area contributed by atoms with Gasteiger partial charge in [0, 0.05) is 10.2 Å². The molecule has 0 aromatic rings. The molecule has 1 aliphatic carbocycles. The first kappa shape index (κ1) is 8.09. The Bertz CT molecular complexity index is 193. The van der Waals surface area contributed by atoms with Gasteiger partial charge >= 0.3 is 0 Å². The maximum Gasteiger partial charge on any atom is 0.0815 e. The zero-order valence-electron chi connectivity index (χ0n) is 6.09. The minimum Gasteiger partial charge on any atom is -0.370 e. The molecule has 11 heavy (non-hydrogen) atoms. The van der Waals surface area contributed by atoms with E-state index in [4.69, 9.17) is 16.3 Å². The van der Waals surface area contributed by atoms with E-state index in [1.54, 1.807) is 0 Å². The predicted octanol–water partition coefficient (Wildman–Crippen LogP) is 2.48. The van der Waals surface area contributed by atoms with Crippen molar-refractivity contribution in [2.45, 2.75) is 29.1 Å². The van der Waals surface area contributed by atoms with Gasteiger partial charge in [-0.1, -0.05) is 22.0 Å². The van der Waals surface area contributed by atoms with Crippen LogP contribution in [0.25, 0.3) is 0 Å². The molecule has 1 fully saturated rings. The highest BCUT2D eigenvalue weighted by Crippen LogP contribution is 2.36. The first-order valence-electron chi connectivity index (χ1n) is 3.87. The maximum absolute atomic E-state index is 6.04. The van der Waals surface area contributed by atoms with Crippen molar-refractivity contribution in [2.24, 2.45) is 0 Å². The van der Waals surface area contributed by atoms with Crippen LogP contribution in [0.5, 0.6) is 0 Å². The fourth-order valence-corrected chi connectivity index (χ4v) is 3.20. The van der Waals surface area contributed by atoms with Crippen LogP contribution in [0, 0.1) is 0 Å². The molecule has 2 rings (SSSR count). The molecule has 62 valence electrons. The summed E-state index contributed by atoms with van der Waals surface area (Å²) in [6.45, 7) is 0.770. The Morgan fingerprint density at radius 3 is 3.18 bits per heavy atom. The van der Waals surface area contributed by atoms with Crippen LogP contribution in [0.2, 0.25) is 0 Å². The topological polar surface area (TPSA) is 9.23 Å². The summed E-state index contributed by atoms with van der Waals surface area (Å²) >= 11 is 9.64. The quantitative estimate of drug-likeness (QED) is 0.465. The highest BCUT2D eigenvalue weighted by molar-refractivity contribution is 9.09. The van der Waals surface area contributed by atoms with Crippen LogP contribution in [0.1, 0.15) is 12.8 Å². The van der Waals surface area contributed by atoms with Gasteiger partial charge in [-0.2, -0.15) is 0 Å². The fourth-order valence-electron chi connectivity index (χ4n) is 1.71. The molecule has 3 unspecified atom stereocenters. The van der Waals surface area contributed by atoms with Gasteiger partial charge in [0.2, 0.25) is 0 Å². The van der Waals surface area contributed by atoms with E-state index in [1.807, 2.05) is 0 Å². The van der Waals surface area contributed by atoms with Gasteiger partial charge in [-0.3, -0.25) is 0 Å². The van der Waals surface area contributed by atoms with Crippen molar-refractivity contribution < 1.29 is 4.74 Å². The van der Waals surface area contributed by atoms with Gasteiger partial charge < -0.3 is 4.74 Å². The Balaban J connectivity index is 2.14. The lowest BCUT2D eigenvalue weighted by Crippen LogP contribution is -2.29. The number of ether oxygens (including phenoxy) is 1. The molecule has 3 heteroatoms. The van der Waals surface area contributed by atoms with E-state index in [1.165, 1.54) is 5.57 Å². The molecular weight excluding hydrogens is 227 g/mol. The number of fused-ring (bicyclic) bond motifs is 1. The summed E-state index contributed by atoms with van der Waals surface area (Å²) in [5.74, 6) is 0. The van der Waals surface area contributed by atoms with E-state index in [-0.39, 0.29) is 5.38 Å². The third-order valence-corrected chi connectivity index (χ3v) is 3.54. The zero-order valence-corrected chi connectivity index (χ0v) is 8.44. The van der Waals surface area contributed by atoms with Crippen LogP contribution in [0.4, 0.5) is 0 Å². The van der Waals surface area contributed by atoms with Crippen LogP contribution in [0.3, 0.4) is 0 Å². The van der Waals surface area contributed by atoms with E-state index in [2.05, 4.69) is 22.0 Å². The molecule has 1 aliphatic heterocycles. The maximum atomic E-state index is 6.04. The van der Waals surface area contributed by atoms with Crippen LogP contribution < -0.4 is 0 Å². The minimum atomic E-state index is 0.277. The predicted molar refractivity (Wildman–Crippen MR) is 49.4 cm³/mol. The van der Waals surface area contributed by atoms with E-state index < -0.39 is 0 Å². The van der Waals surface area contributed by atoms with Crippen molar-refractivity contribution in [3.63, 3.8) is 0 Å². The molecule has 3 atom stereocenters. The lowest BCUT2D eigenvalue weighted by molar-refractivity contribution is 0.106. The smallest absolute Gasteiger partial charge is 0.0815 e. The standard InChI is InChI=1S/C8H10BrClO/c9-7-3-5(10)4-8-6(7)1-2-11-8/h1,5,7-8H,2-4H2. The first-order valence-corrected chi connectivity index (χ1v) is 5.22. The van der Waals surface area contributed by atoms with Crippen LogP contribution in [-0.4, -0.2) is 22.9 Å². The summed E-state index contributed by atoms with van der Waals surface area (Å²) in [5.41, 5.74) is 1.40. The van der Waals surface area contributed by atoms with Gasteiger partial charge in [0.15, 0.2) is 0 Å². The summed E-state index contributed by atoms with van der Waals surface area (Å²) in [7, 11) is 0. The normalized spacial score (nSPS) is 43.5. The molecule has 0 aromatic carbocycles. The van der Waals surface area contributed by atoms with Gasteiger partial charge in [-0.25, -0.2) is 0 Å². The molecule has 2 aliphatic rings. The number of halogens is 2. The van der Waals surface area contributed by atoms with Crippen molar-refractivity contribution in [3.8, 4) is 0 Å². The molecule has 1 heterocycles. The van der Waals surface area contributed by atoms with Crippen LogP contribution in [-0.2, 0) is 4.74 Å². The van der Waals surface area contributed by atoms with Gasteiger partial charge in [0.1, 0.15) is 0 Å². The van der Waals surface area contributed by atoms with Crippen LogP contribution >= 0.6 is 27.5 Å². The lowest BCUT2D eigenvalue weighted by atomic mass is 9.92. The average Bonchev–Trinajstić information content (AvgIpc) is 2.34. The number of rotatable bonds is 0. The highest BCUT2D eigenvalue weighted by Gasteiger charge is 2.33. The van der Waals surface area contributed by atoms with Gasteiger partial charge in [0.05, 0.1) is 12.7 Å². The lowest BCUT2D eigenvalue weighted by Gasteiger charge is -2.28. The Labute approximate surface area is 79.9 Å². The van der Waals surface area contributed by atoms with Gasteiger partial charge in [-0.15, -0.1) is 11.6 Å². The second-order valence-electron chi connectivity index (χ2n) is 3.06. The van der Waals surface area contributed by atoms with Crippen LogP contribution in [0.15, 0.2) is 11.6 Å². The van der Waals surface area contributed by atoms with E-state index in [0.717, 1.165) is 19.4 Å². The van der Waals surface area contributed by atoms with E-state index in [9.17, 15) is 0 Å². The molecule has 0 radical (unpaired) electrons. The van der Waals surface area contributed by atoms with E-state index in [0.29, 0.717) is 10.9 Å². The molecule has 0 N–H and O–H groups in total. The van der Waals surface area contributed by atoms with Crippen molar-refractivity contribution in [1.29, 1.82) is 0 Å². The first-order chi connectivity index (χ1) is 5.27. The highest BCUT2D eigenvalue weighted by atomic mass is 79.9. The van der Waals surface area contributed by atoms with Crippen molar-refractivity contribution in [2.75, 3.05) is 6.61 Å². The Hall–Kier alpha value is 0.470. The summed E-state index contributed by atoms with van der Waals surface area (Å²) in [6, 6.07) is 0. The molecule has 0 bridgehead atoms. The zero-order chi connectivity index (χ0) is 7.84. The van der Waals surface area contributed by atoms with E-state index >= 15 is 0 Å². The monoisotopic (exact) mass is 236 g/mol. The summed E-state index contributed by atoms with van der Waals surface area (Å²) in [5, 5.41) is 0.277. The third-order valence-electron chi connectivity index (χ3n) is 2.28. The molecule has 0 aromatic heterocycles. The van der Waals surface area contributed by atoms with Crippen molar-refractivity contribution >= 4 is 27.5 Å². The second kappa shape index (κ2) is 3.08. The number of hydrogen-bond donors (Lipinski definition) is 0. The van der Waals surface area contributed by atoms with Crippen molar-refractivity contribution in [1.82, 2.24) is 0 Å². The number of alkyl halides is 2. The third kappa shape index (κ3) is 1.49. The molecule has 1 saturated carbocycles. The summed E-state index contributed by atoms with van der Waals surface area (Å²) in [4.78, 5) is 0.450. The Morgan fingerprint density at radius 2 is 2.36 bits per heavy atom. The summed E-state index contributed by atoms with van der Waals surface area (Å²) < 4.78 is 5.49. The largest absolute Gasteiger partial charge is 0.370 e. The minimum absolute atomic E-state index is 0.277. The molecule has 1 nitrogen and oxygen atoms in total. The SMILES string of the molecule is ClC1CC(Br)C2=CCOC2C1. The Morgan fingerprint density at radius 1 is 1.55 bits per heavy atom. The molecule has 0 amide bonds. The van der Waals surface area contributed by atoms with Gasteiger partial charge in [0.25, 0.3) is 0 Å². The fraction of sp³-hybridized carbons (Fsp3) is 0.750. The molecule has 0 saturated heterocycles. The second-order valence-corrected chi connectivity index (χ2v) is 4.78. The number of hydrogen-bond acceptors (Lipinski definition) is 1.